The molecule has 29 heavy (non-hydrogen) atoms. The number of aryl methyl sites for hydroxylation is 1. The van der Waals surface area contributed by atoms with Gasteiger partial charge in [-0.15, -0.1) is 0 Å². The summed E-state index contributed by atoms with van der Waals surface area (Å²) in [6, 6.07) is 12.3. The number of nitrogens with zero attached hydrogens (tertiary/aromatic N) is 5. The minimum absolute atomic E-state index is 0.0197. The van der Waals surface area contributed by atoms with Gasteiger partial charge in [0, 0.05) is 55.3 Å². The summed E-state index contributed by atoms with van der Waals surface area (Å²) in [6.07, 6.45) is 4.34. The van der Waals surface area contributed by atoms with E-state index in [2.05, 4.69) is 37.3 Å². The van der Waals surface area contributed by atoms with E-state index >= 15 is 0 Å². The van der Waals surface area contributed by atoms with E-state index in [4.69, 9.17) is 0 Å². The minimum atomic E-state index is -0.419. The average Bonchev–Trinajstić information content (AvgIpc) is 3.27. The number of hydrogen-bond donors (Lipinski definition) is 1. The van der Waals surface area contributed by atoms with Crippen LogP contribution in [-0.4, -0.2) is 33.0 Å². The van der Waals surface area contributed by atoms with Crippen LogP contribution in [-0.2, 0) is 6.54 Å². The van der Waals surface area contributed by atoms with Gasteiger partial charge in [0.25, 0.3) is 5.69 Å². The summed E-state index contributed by atoms with van der Waals surface area (Å²) < 4.78 is 0. The summed E-state index contributed by atoms with van der Waals surface area (Å²) in [5, 5.41) is 14.3. The first-order chi connectivity index (χ1) is 14.1. The van der Waals surface area contributed by atoms with Crippen LogP contribution in [0.3, 0.4) is 0 Å². The number of pyridine rings is 1. The number of hydrogen-bond acceptors (Lipinski definition) is 7. The van der Waals surface area contributed by atoms with Gasteiger partial charge in [0.15, 0.2) is 5.82 Å². The second-order valence-corrected chi connectivity index (χ2v) is 7.10. The van der Waals surface area contributed by atoms with Crippen LogP contribution in [0.1, 0.15) is 24.1 Å². The zero-order chi connectivity index (χ0) is 20.2. The summed E-state index contributed by atoms with van der Waals surface area (Å²) in [5.74, 6) is 2.15. The Hall–Kier alpha value is -3.55. The molecule has 3 aromatic rings. The van der Waals surface area contributed by atoms with E-state index in [0.717, 1.165) is 30.2 Å². The molecule has 0 unspecified atom stereocenters. The highest BCUT2D eigenvalue weighted by Crippen LogP contribution is 2.23. The zero-order valence-electron chi connectivity index (χ0n) is 16.2. The van der Waals surface area contributed by atoms with Crippen molar-refractivity contribution < 1.29 is 4.92 Å². The van der Waals surface area contributed by atoms with Crippen LogP contribution >= 0.6 is 0 Å². The summed E-state index contributed by atoms with van der Waals surface area (Å²) in [5.41, 5.74) is 2.47. The smallest absolute Gasteiger partial charge is 0.270 e. The standard InChI is InChI=1S/C21H22N6O2/c1-15-11-19(25-21(24-15)17-5-4-6-18(12-17)27(28)29)22-13-16-7-8-20(23-14-16)26-9-2-3-10-26/h4-8,11-12,14H,2-3,9-10,13H2,1H3,(H,22,24,25). The van der Waals surface area contributed by atoms with Crippen LogP contribution in [0.25, 0.3) is 11.4 Å². The topological polar surface area (TPSA) is 97.1 Å². The van der Waals surface area contributed by atoms with Crippen LogP contribution in [0.15, 0.2) is 48.7 Å². The highest BCUT2D eigenvalue weighted by Gasteiger charge is 2.13. The first-order valence-electron chi connectivity index (χ1n) is 9.63. The Balaban J connectivity index is 1.48. The van der Waals surface area contributed by atoms with Crippen LogP contribution in [0.2, 0.25) is 0 Å². The lowest BCUT2D eigenvalue weighted by Gasteiger charge is -2.16. The van der Waals surface area contributed by atoms with E-state index in [1.165, 1.54) is 25.0 Å². The predicted octanol–water partition coefficient (Wildman–Crippen LogP) is 3.97. The van der Waals surface area contributed by atoms with E-state index in [1.807, 2.05) is 19.2 Å². The molecular formula is C21H22N6O2. The van der Waals surface area contributed by atoms with Crippen LogP contribution in [0.4, 0.5) is 17.3 Å². The third-order valence-corrected chi connectivity index (χ3v) is 4.88. The van der Waals surface area contributed by atoms with Crippen molar-refractivity contribution in [1.29, 1.82) is 0 Å². The number of nitro groups is 1. The van der Waals surface area contributed by atoms with E-state index in [-0.39, 0.29) is 5.69 Å². The number of benzene rings is 1. The Kier molecular flexibility index (Phi) is 5.33. The highest BCUT2D eigenvalue weighted by molar-refractivity contribution is 5.61. The Morgan fingerprint density at radius 1 is 1.14 bits per heavy atom. The van der Waals surface area contributed by atoms with Crippen molar-refractivity contribution in [2.24, 2.45) is 0 Å². The molecule has 0 saturated carbocycles. The molecule has 0 atom stereocenters. The van der Waals surface area contributed by atoms with Crippen molar-refractivity contribution in [2.75, 3.05) is 23.3 Å². The molecule has 148 valence electrons. The highest BCUT2D eigenvalue weighted by atomic mass is 16.6. The van der Waals surface area contributed by atoms with Crippen LogP contribution in [0.5, 0.6) is 0 Å². The van der Waals surface area contributed by atoms with Crippen LogP contribution < -0.4 is 10.2 Å². The fourth-order valence-corrected chi connectivity index (χ4v) is 3.39. The van der Waals surface area contributed by atoms with Crippen molar-refractivity contribution in [2.45, 2.75) is 26.3 Å². The number of nitro benzene ring substituents is 1. The zero-order valence-corrected chi connectivity index (χ0v) is 16.2. The van der Waals surface area contributed by atoms with E-state index < -0.39 is 4.92 Å². The molecule has 3 heterocycles. The quantitative estimate of drug-likeness (QED) is 0.502. The van der Waals surface area contributed by atoms with Crippen molar-refractivity contribution >= 4 is 17.3 Å². The second-order valence-electron chi connectivity index (χ2n) is 7.10. The minimum Gasteiger partial charge on any atom is -0.366 e. The molecule has 0 bridgehead atoms. The molecule has 2 aromatic heterocycles. The maximum atomic E-state index is 11.0. The number of rotatable bonds is 6. The van der Waals surface area contributed by atoms with Gasteiger partial charge in [-0.3, -0.25) is 10.1 Å². The van der Waals surface area contributed by atoms with Gasteiger partial charge in [-0.2, -0.15) is 0 Å². The maximum Gasteiger partial charge on any atom is 0.270 e. The third kappa shape index (κ3) is 4.48. The summed E-state index contributed by atoms with van der Waals surface area (Å²) in [7, 11) is 0. The van der Waals surface area contributed by atoms with Crippen molar-refractivity contribution in [3.8, 4) is 11.4 Å². The van der Waals surface area contributed by atoms with Crippen molar-refractivity contribution in [3.63, 3.8) is 0 Å². The monoisotopic (exact) mass is 390 g/mol. The number of anilines is 2. The summed E-state index contributed by atoms with van der Waals surface area (Å²) in [4.78, 5) is 26.4. The molecule has 1 aliphatic heterocycles. The van der Waals surface area contributed by atoms with Gasteiger partial charge in [0.2, 0.25) is 0 Å². The predicted molar refractivity (Wildman–Crippen MR) is 112 cm³/mol. The lowest BCUT2D eigenvalue weighted by atomic mass is 10.2. The Morgan fingerprint density at radius 2 is 1.97 bits per heavy atom. The normalized spacial score (nSPS) is 13.5. The molecule has 0 spiro atoms. The number of nitrogens with one attached hydrogen (secondary N) is 1. The molecule has 1 fully saturated rings. The van der Waals surface area contributed by atoms with Gasteiger partial charge in [0.1, 0.15) is 11.6 Å². The Bertz CT molecular complexity index is 1020. The SMILES string of the molecule is Cc1cc(NCc2ccc(N3CCCC3)nc2)nc(-c2cccc([N+](=O)[O-])c2)n1. The van der Waals surface area contributed by atoms with E-state index in [9.17, 15) is 10.1 Å². The molecule has 8 nitrogen and oxygen atoms in total. The van der Waals surface area contributed by atoms with Crippen molar-refractivity contribution in [1.82, 2.24) is 15.0 Å². The molecule has 1 N–H and O–H groups in total. The third-order valence-electron chi connectivity index (χ3n) is 4.88. The molecule has 0 amide bonds. The number of aromatic nitrogens is 3. The molecular weight excluding hydrogens is 368 g/mol. The Labute approximate surface area is 168 Å². The molecule has 1 saturated heterocycles. The largest absolute Gasteiger partial charge is 0.366 e. The number of non-ortho nitro benzene ring substituents is 1. The summed E-state index contributed by atoms with van der Waals surface area (Å²) >= 11 is 0. The van der Waals surface area contributed by atoms with Crippen molar-refractivity contribution in [3.05, 3.63) is 70.0 Å². The average molecular weight is 390 g/mol. The van der Waals surface area contributed by atoms with Crippen LogP contribution in [0, 0.1) is 17.0 Å². The second kappa shape index (κ2) is 8.22. The fourth-order valence-electron chi connectivity index (χ4n) is 3.39. The molecule has 8 heteroatoms. The van der Waals surface area contributed by atoms with Gasteiger partial charge in [-0.25, -0.2) is 15.0 Å². The van der Waals surface area contributed by atoms with Gasteiger partial charge in [-0.1, -0.05) is 18.2 Å². The van der Waals surface area contributed by atoms with Gasteiger partial charge >= 0.3 is 0 Å². The van der Waals surface area contributed by atoms with E-state index in [0.29, 0.717) is 23.8 Å². The first kappa shape index (κ1) is 18.8. The molecule has 4 rings (SSSR count). The maximum absolute atomic E-state index is 11.0. The van der Waals surface area contributed by atoms with E-state index in [1.54, 1.807) is 12.1 Å². The molecule has 0 radical (unpaired) electrons. The summed E-state index contributed by atoms with van der Waals surface area (Å²) in [6.45, 7) is 4.61. The lowest BCUT2D eigenvalue weighted by Crippen LogP contribution is -2.18. The Morgan fingerprint density at radius 3 is 2.69 bits per heavy atom. The lowest BCUT2D eigenvalue weighted by molar-refractivity contribution is -0.384. The molecule has 0 aliphatic carbocycles. The molecule has 1 aromatic carbocycles. The van der Waals surface area contributed by atoms with Gasteiger partial charge in [0.05, 0.1) is 4.92 Å². The van der Waals surface area contributed by atoms with Gasteiger partial charge < -0.3 is 10.2 Å². The first-order valence-corrected chi connectivity index (χ1v) is 9.63. The van der Waals surface area contributed by atoms with Gasteiger partial charge in [-0.05, 0) is 31.4 Å². The fraction of sp³-hybridized carbons (Fsp3) is 0.286. The molecule has 1 aliphatic rings.